The van der Waals surface area contributed by atoms with Crippen molar-refractivity contribution in [3.63, 3.8) is 0 Å². The fourth-order valence-electron chi connectivity index (χ4n) is 2.83. The first kappa shape index (κ1) is 14.9. The second-order valence-corrected chi connectivity index (χ2v) is 5.59. The summed E-state index contributed by atoms with van der Waals surface area (Å²) in [6.45, 7) is 2.65. The minimum atomic E-state index is 0.114. The summed E-state index contributed by atoms with van der Waals surface area (Å²) in [6, 6.07) is 9.53. The molecule has 0 bridgehead atoms. The highest BCUT2D eigenvalue weighted by atomic mass is 16.5. The normalized spacial score (nSPS) is 16.8. The smallest absolute Gasteiger partial charge is 0.240 e. The van der Waals surface area contributed by atoms with Crippen LogP contribution in [-0.2, 0) is 13.1 Å². The molecule has 6 nitrogen and oxygen atoms in total. The summed E-state index contributed by atoms with van der Waals surface area (Å²) in [5.41, 5.74) is 6.27. The van der Waals surface area contributed by atoms with E-state index < -0.39 is 0 Å². The third kappa shape index (κ3) is 3.40. The van der Waals surface area contributed by atoms with E-state index in [-0.39, 0.29) is 18.2 Å². The summed E-state index contributed by atoms with van der Waals surface area (Å²) in [7, 11) is 0. The van der Waals surface area contributed by atoms with E-state index in [1.807, 2.05) is 30.3 Å². The van der Waals surface area contributed by atoms with Gasteiger partial charge in [0.05, 0.1) is 13.1 Å². The van der Waals surface area contributed by atoms with Crippen molar-refractivity contribution < 1.29 is 9.32 Å². The van der Waals surface area contributed by atoms with Crippen LogP contribution in [0.25, 0.3) is 0 Å². The van der Waals surface area contributed by atoms with E-state index in [1.165, 1.54) is 0 Å². The molecule has 1 aromatic heterocycles. The SMILES string of the molecule is NCc1nc(CN2CCC(C(=O)c3ccccc3)CC2)no1. The highest BCUT2D eigenvalue weighted by Gasteiger charge is 2.26. The Bertz CT molecular complexity index is 618. The van der Waals surface area contributed by atoms with Crippen molar-refractivity contribution in [1.82, 2.24) is 15.0 Å². The van der Waals surface area contributed by atoms with Gasteiger partial charge in [-0.15, -0.1) is 0 Å². The highest BCUT2D eigenvalue weighted by molar-refractivity contribution is 5.97. The monoisotopic (exact) mass is 300 g/mol. The number of hydrogen-bond acceptors (Lipinski definition) is 6. The molecular formula is C16H20N4O2. The number of likely N-dealkylation sites (tertiary alicyclic amines) is 1. The van der Waals surface area contributed by atoms with Crippen molar-refractivity contribution >= 4 is 5.78 Å². The number of piperidine rings is 1. The molecule has 0 amide bonds. The molecule has 0 saturated carbocycles. The van der Waals surface area contributed by atoms with Gasteiger partial charge in [0.15, 0.2) is 11.6 Å². The number of nitrogens with two attached hydrogens (primary N) is 1. The minimum Gasteiger partial charge on any atom is -0.338 e. The van der Waals surface area contributed by atoms with Crippen molar-refractivity contribution in [1.29, 1.82) is 0 Å². The van der Waals surface area contributed by atoms with Gasteiger partial charge in [0.2, 0.25) is 5.89 Å². The van der Waals surface area contributed by atoms with Crippen LogP contribution < -0.4 is 5.73 Å². The summed E-state index contributed by atoms with van der Waals surface area (Å²) in [4.78, 5) is 18.9. The number of hydrogen-bond donors (Lipinski definition) is 1. The number of benzene rings is 1. The van der Waals surface area contributed by atoms with E-state index in [1.54, 1.807) is 0 Å². The summed E-state index contributed by atoms with van der Waals surface area (Å²) in [6.07, 6.45) is 1.74. The molecule has 22 heavy (non-hydrogen) atoms. The lowest BCUT2D eigenvalue weighted by Gasteiger charge is -2.30. The second-order valence-electron chi connectivity index (χ2n) is 5.59. The third-order valence-electron chi connectivity index (χ3n) is 4.07. The van der Waals surface area contributed by atoms with Gasteiger partial charge < -0.3 is 10.3 Å². The predicted octanol–water partition coefficient (Wildman–Crippen LogP) is 1.62. The van der Waals surface area contributed by atoms with Crippen molar-refractivity contribution in [3.05, 3.63) is 47.6 Å². The Kier molecular flexibility index (Phi) is 4.60. The van der Waals surface area contributed by atoms with Crippen molar-refractivity contribution in [2.24, 2.45) is 11.7 Å². The van der Waals surface area contributed by atoms with Gasteiger partial charge in [-0.05, 0) is 25.9 Å². The fraction of sp³-hybridized carbons (Fsp3) is 0.438. The van der Waals surface area contributed by atoms with Gasteiger partial charge in [0, 0.05) is 11.5 Å². The minimum absolute atomic E-state index is 0.114. The molecule has 2 N–H and O–H groups in total. The zero-order chi connectivity index (χ0) is 15.4. The first-order valence-corrected chi connectivity index (χ1v) is 7.59. The molecule has 0 spiro atoms. The Hall–Kier alpha value is -2.05. The molecule has 1 aliphatic rings. The van der Waals surface area contributed by atoms with Gasteiger partial charge in [0.1, 0.15) is 0 Å². The second kappa shape index (κ2) is 6.81. The van der Waals surface area contributed by atoms with E-state index in [4.69, 9.17) is 10.3 Å². The van der Waals surface area contributed by atoms with Crippen LogP contribution in [-0.4, -0.2) is 33.9 Å². The Labute approximate surface area is 129 Å². The molecule has 0 atom stereocenters. The van der Waals surface area contributed by atoms with Crippen LogP contribution in [0.1, 0.15) is 34.9 Å². The molecule has 0 unspecified atom stereocenters. The van der Waals surface area contributed by atoms with E-state index in [9.17, 15) is 4.79 Å². The van der Waals surface area contributed by atoms with Gasteiger partial charge in [-0.1, -0.05) is 35.5 Å². The number of Topliss-reactive ketones (excluding diaryl/α,β-unsaturated/α-hetero) is 1. The van der Waals surface area contributed by atoms with Crippen LogP contribution in [0.3, 0.4) is 0 Å². The van der Waals surface area contributed by atoms with Crippen LogP contribution in [0, 0.1) is 5.92 Å². The molecule has 2 aromatic rings. The molecule has 1 fully saturated rings. The average Bonchev–Trinajstić information content (AvgIpc) is 3.03. The quantitative estimate of drug-likeness (QED) is 0.845. The van der Waals surface area contributed by atoms with Crippen molar-refractivity contribution in [2.45, 2.75) is 25.9 Å². The van der Waals surface area contributed by atoms with Crippen LogP contribution >= 0.6 is 0 Å². The molecule has 3 rings (SSSR count). The average molecular weight is 300 g/mol. The maximum atomic E-state index is 12.4. The number of ketones is 1. The Morgan fingerprint density at radius 3 is 2.64 bits per heavy atom. The summed E-state index contributed by atoms with van der Waals surface area (Å²) < 4.78 is 5.01. The fourth-order valence-corrected chi connectivity index (χ4v) is 2.83. The Morgan fingerprint density at radius 2 is 2.00 bits per heavy atom. The number of nitrogens with zero attached hydrogens (tertiary/aromatic N) is 3. The van der Waals surface area contributed by atoms with E-state index in [2.05, 4.69) is 15.0 Å². The number of aromatic nitrogens is 2. The van der Waals surface area contributed by atoms with Crippen LogP contribution in [0.15, 0.2) is 34.9 Å². The maximum absolute atomic E-state index is 12.4. The number of carbonyl (C=O) groups is 1. The molecule has 1 aromatic carbocycles. The zero-order valence-electron chi connectivity index (χ0n) is 12.4. The Balaban J connectivity index is 1.53. The number of carbonyl (C=O) groups excluding carboxylic acids is 1. The van der Waals surface area contributed by atoms with Gasteiger partial charge in [-0.2, -0.15) is 4.98 Å². The van der Waals surface area contributed by atoms with Crippen LogP contribution in [0.2, 0.25) is 0 Å². The van der Waals surface area contributed by atoms with Crippen molar-refractivity contribution in [3.8, 4) is 0 Å². The largest absolute Gasteiger partial charge is 0.338 e. The van der Waals surface area contributed by atoms with Crippen LogP contribution in [0.4, 0.5) is 0 Å². The maximum Gasteiger partial charge on any atom is 0.240 e. The van der Waals surface area contributed by atoms with Crippen molar-refractivity contribution in [2.75, 3.05) is 13.1 Å². The van der Waals surface area contributed by atoms with Gasteiger partial charge in [-0.25, -0.2) is 0 Å². The molecule has 6 heteroatoms. The summed E-state index contributed by atoms with van der Waals surface area (Å²) >= 11 is 0. The summed E-state index contributed by atoms with van der Waals surface area (Å²) in [5.74, 6) is 1.49. The lowest BCUT2D eigenvalue weighted by molar-refractivity contribution is 0.0832. The highest BCUT2D eigenvalue weighted by Crippen LogP contribution is 2.22. The van der Waals surface area contributed by atoms with E-state index in [0.717, 1.165) is 31.5 Å². The van der Waals surface area contributed by atoms with Gasteiger partial charge >= 0.3 is 0 Å². The third-order valence-corrected chi connectivity index (χ3v) is 4.07. The van der Waals surface area contributed by atoms with E-state index in [0.29, 0.717) is 18.3 Å². The first-order valence-electron chi connectivity index (χ1n) is 7.59. The van der Waals surface area contributed by atoms with Gasteiger partial charge in [0.25, 0.3) is 0 Å². The topological polar surface area (TPSA) is 85.2 Å². The molecule has 0 radical (unpaired) electrons. The first-order chi connectivity index (χ1) is 10.8. The molecule has 0 aliphatic carbocycles. The van der Waals surface area contributed by atoms with Gasteiger partial charge in [-0.3, -0.25) is 9.69 Å². The lowest BCUT2D eigenvalue weighted by Crippen LogP contribution is -2.36. The predicted molar refractivity (Wildman–Crippen MR) is 81.0 cm³/mol. The molecule has 116 valence electrons. The molecule has 1 aliphatic heterocycles. The standard InChI is InChI=1S/C16H20N4O2/c17-10-15-18-14(19-22-15)11-20-8-6-13(7-9-20)16(21)12-4-2-1-3-5-12/h1-5,13H,6-11,17H2. The van der Waals surface area contributed by atoms with E-state index >= 15 is 0 Å². The molecular weight excluding hydrogens is 280 g/mol. The Morgan fingerprint density at radius 1 is 1.27 bits per heavy atom. The molecule has 1 saturated heterocycles. The molecule has 2 heterocycles. The zero-order valence-corrected chi connectivity index (χ0v) is 12.4. The van der Waals surface area contributed by atoms with Crippen LogP contribution in [0.5, 0.6) is 0 Å². The number of rotatable bonds is 5. The lowest BCUT2D eigenvalue weighted by atomic mass is 9.89. The summed E-state index contributed by atoms with van der Waals surface area (Å²) in [5, 5.41) is 3.91.